The lowest BCUT2D eigenvalue weighted by Gasteiger charge is -2.33. The maximum absolute atomic E-state index is 13.8. The molecule has 6 nitrogen and oxygen atoms in total. The smallest absolute Gasteiger partial charge is 0.164 e. The standard InChI is InChI=1S/C28H27ClN2O4/c1-33-24-15-26(35-3)25(34-2)14-18(24)28-27-22(30-20-10-6-7-11-21(20)31-28)12-16(13-23(27)32)17-8-4-5-9-19(17)29/h4-12,14-16,27-28,30-31H,13H2,1-3H3. The topological polar surface area (TPSA) is 68.8 Å². The molecule has 0 aromatic heterocycles. The first kappa shape index (κ1) is 23.1. The monoisotopic (exact) mass is 490 g/mol. The highest BCUT2D eigenvalue weighted by molar-refractivity contribution is 6.31. The first-order chi connectivity index (χ1) is 17.0. The molecule has 0 spiro atoms. The van der Waals surface area contributed by atoms with Crippen LogP contribution in [0.25, 0.3) is 0 Å². The third-order valence-electron chi connectivity index (χ3n) is 6.71. The van der Waals surface area contributed by atoms with Gasteiger partial charge >= 0.3 is 0 Å². The van der Waals surface area contributed by atoms with Gasteiger partial charge in [0.2, 0.25) is 0 Å². The average Bonchev–Trinajstić information content (AvgIpc) is 3.05. The van der Waals surface area contributed by atoms with Crippen molar-refractivity contribution < 1.29 is 19.0 Å². The number of hydrogen-bond acceptors (Lipinski definition) is 6. The fraction of sp³-hybridized carbons (Fsp3) is 0.250. The largest absolute Gasteiger partial charge is 0.496 e. The van der Waals surface area contributed by atoms with Crippen molar-refractivity contribution in [3.05, 3.63) is 88.6 Å². The van der Waals surface area contributed by atoms with E-state index in [-0.39, 0.29) is 11.7 Å². The molecule has 1 heterocycles. The van der Waals surface area contributed by atoms with E-state index in [0.717, 1.165) is 28.2 Å². The Morgan fingerprint density at radius 2 is 1.49 bits per heavy atom. The molecule has 2 aliphatic rings. The lowest BCUT2D eigenvalue weighted by Crippen LogP contribution is -2.34. The fourth-order valence-corrected chi connectivity index (χ4v) is 5.31. The summed E-state index contributed by atoms with van der Waals surface area (Å²) < 4.78 is 16.8. The van der Waals surface area contributed by atoms with Gasteiger partial charge in [-0.2, -0.15) is 0 Å². The molecule has 3 aromatic rings. The number of ether oxygens (including phenoxy) is 3. The average molecular weight is 491 g/mol. The SMILES string of the molecule is COc1cc(OC)c(C2Nc3ccccc3NC3=CC(c4ccccc4Cl)CC(=O)C32)cc1OC. The normalized spacial score (nSPS) is 20.9. The zero-order chi connectivity index (χ0) is 24.5. The van der Waals surface area contributed by atoms with E-state index in [2.05, 4.69) is 16.7 Å². The molecule has 2 N–H and O–H groups in total. The molecule has 0 saturated carbocycles. The van der Waals surface area contributed by atoms with Gasteiger partial charge in [0.25, 0.3) is 0 Å². The molecule has 180 valence electrons. The second kappa shape index (κ2) is 9.55. The third kappa shape index (κ3) is 4.19. The van der Waals surface area contributed by atoms with Crippen LogP contribution >= 0.6 is 11.6 Å². The van der Waals surface area contributed by atoms with Crippen LogP contribution in [-0.2, 0) is 4.79 Å². The number of Topliss-reactive ketones (excluding diaryl/α,β-unsaturated/α-hetero) is 1. The van der Waals surface area contributed by atoms with E-state index in [9.17, 15) is 4.79 Å². The third-order valence-corrected chi connectivity index (χ3v) is 7.05. The summed E-state index contributed by atoms with van der Waals surface area (Å²) in [6, 6.07) is 18.9. The molecule has 3 atom stereocenters. The maximum atomic E-state index is 13.8. The number of halogens is 1. The number of hydrogen-bond donors (Lipinski definition) is 2. The zero-order valence-corrected chi connectivity index (χ0v) is 20.6. The molecule has 3 aromatic carbocycles. The van der Waals surface area contributed by atoms with Gasteiger partial charge in [-0.1, -0.05) is 48.0 Å². The summed E-state index contributed by atoms with van der Waals surface area (Å²) in [5.74, 6) is 1.27. The summed E-state index contributed by atoms with van der Waals surface area (Å²) in [7, 11) is 4.79. The van der Waals surface area contributed by atoms with Gasteiger partial charge in [-0.05, 0) is 29.8 Å². The van der Waals surface area contributed by atoms with Crippen molar-refractivity contribution in [3.8, 4) is 17.2 Å². The fourth-order valence-electron chi connectivity index (χ4n) is 5.03. The van der Waals surface area contributed by atoms with Crippen molar-refractivity contribution in [2.75, 3.05) is 32.0 Å². The Labute approximate surface area is 209 Å². The van der Waals surface area contributed by atoms with E-state index in [1.807, 2.05) is 54.6 Å². The number of fused-ring (bicyclic) bond motifs is 2. The van der Waals surface area contributed by atoms with Crippen LogP contribution < -0.4 is 24.8 Å². The number of methoxy groups -OCH3 is 3. The van der Waals surface area contributed by atoms with Crippen molar-refractivity contribution in [2.24, 2.45) is 5.92 Å². The highest BCUT2D eigenvalue weighted by Crippen LogP contribution is 2.48. The first-order valence-electron chi connectivity index (χ1n) is 11.5. The van der Waals surface area contributed by atoms with Crippen LogP contribution in [0.5, 0.6) is 17.2 Å². The molecule has 0 amide bonds. The van der Waals surface area contributed by atoms with E-state index in [1.54, 1.807) is 27.4 Å². The highest BCUT2D eigenvalue weighted by Gasteiger charge is 2.41. The summed E-state index contributed by atoms with van der Waals surface area (Å²) in [5.41, 5.74) is 4.39. The molecule has 1 aliphatic carbocycles. The van der Waals surface area contributed by atoms with Gasteiger partial charge in [-0.15, -0.1) is 0 Å². The molecule has 7 heteroatoms. The predicted molar refractivity (Wildman–Crippen MR) is 138 cm³/mol. The Kier molecular flexibility index (Phi) is 6.31. The van der Waals surface area contributed by atoms with Gasteiger partial charge in [0, 0.05) is 34.7 Å². The van der Waals surface area contributed by atoms with Gasteiger partial charge in [0.15, 0.2) is 11.5 Å². The van der Waals surface area contributed by atoms with Gasteiger partial charge in [-0.25, -0.2) is 0 Å². The molecule has 1 aliphatic heterocycles. The molecule has 5 rings (SSSR count). The summed E-state index contributed by atoms with van der Waals surface area (Å²) >= 11 is 6.50. The summed E-state index contributed by atoms with van der Waals surface area (Å²) in [4.78, 5) is 13.8. The second-order valence-corrected chi connectivity index (χ2v) is 9.05. The number of anilines is 2. The van der Waals surface area contributed by atoms with Gasteiger partial charge < -0.3 is 24.8 Å². The van der Waals surface area contributed by atoms with Crippen molar-refractivity contribution in [1.29, 1.82) is 0 Å². The van der Waals surface area contributed by atoms with E-state index < -0.39 is 12.0 Å². The number of ketones is 1. The Morgan fingerprint density at radius 1 is 0.829 bits per heavy atom. The van der Waals surface area contributed by atoms with Crippen molar-refractivity contribution in [2.45, 2.75) is 18.4 Å². The Hall–Kier alpha value is -3.64. The predicted octanol–water partition coefficient (Wildman–Crippen LogP) is 6.20. The molecule has 0 fully saturated rings. The van der Waals surface area contributed by atoms with Gasteiger partial charge in [0.1, 0.15) is 11.5 Å². The first-order valence-corrected chi connectivity index (χ1v) is 11.8. The van der Waals surface area contributed by atoms with Crippen LogP contribution in [0, 0.1) is 5.92 Å². The Balaban J connectivity index is 1.68. The van der Waals surface area contributed by atoms with Crippen LogP contribution in [0.2, 0.25) is 5.02 Å². The van der Waals surface area contributed by atoms with Gasteiger partial charge in [-0.3, -0.25) is 4.79 Å². The molecule has 0 saturated heterocycles. The second-order valence-electron chi connectivity index (χ2n) is 8.64. The molecule has 3 unspecified atom stereocenters. The number of para-hydroxylation sites is 2. The number of carbonyl (C=O) groups is 1. The highest BCUT2D eigenvalue weighted by atomic mass is 35.5. The van der Waals surface area contributed by atoms with Crippen molar-refractivity contribution in [1.82, 2.24) is 0 Å². The zero-order valence-electron chi connectivity index (χ0n) is 19.8. The minimum Gasteiger partial charge on any atom is -0.496 e. The number of benzene rings is 3. The van der Waals surface area contributed by atoms with Gasteiger partial charge in [0.05, 0.1) is 44.7 Å². The van der Waals surface area contributed by atoms with E-state index in [1.165, 1.54) is 0 Å². The molecule has 0 bridgehead atoms. The number of allylic oxidation sites excluding steroid dienone is 1. The van der Waals surface area contributed by atoms with Crippen molar-refractivity contribution in [3.63, 3.8) is 0 Å². The number of nitrogens with one attached hydrogen (secondary N) is 2. The van der Waals surface area contributed by atoms with E-state index >= 15 is 0 Å². The number of carbonyl (C=O) groups excluding carboxylic acids is 1. The lowest BCUT2D eigenvalue weighted by molar-refractivity contribution is -0.122. The molecular formula is C28H27ClN2O4. The summed E-state index contributed by atoms with van der Waals surface area (Å²) in [6.45, 7) is 0. The Bertz CT molecular complexity index is 1310. The van der Waals surface area contributed by atoms with E-state index in [4.69, 9.17) is 25.8 Å². The van der Waals surface area contributed by atoms with Crippen molar-refractivity contribution >= 4 is 28.8 Å². The van der Waals surface area contributed by atoms with Crippen LogP contribution in [0.3, 0.4) is 0 Å². The van der Waals surface area contributed by atoms with Crippen LogP contribution in [0.4, 0.5) is 11.4 Å². The quantitative estimate of drug-likeness (QED) is 0.443. The van der Waals surface area contributed by atoms with Crippen LogP contribution in [-0.4, -0.2) is 27.1 Å². The maximum Gasteiger partial charge on any atom is 0.164 e. The lowest BCUT2D eigenvalue weighted by atomic mass is 9.76. The summed E-state index contributed by atoms with van der Waals surface area (Å²) in [5, 5.41) is 7.80. The van der Waals surface area contributed by atoms with E-state index in [0.29, 0.717) is 28.7 Å². The Morgan fingerprint density at radius 3 is 2.20 bits per heavy atom. The van der Waals surface area contributed by atoms with Crippen LogP contribution in [0.15, 0.2) is 72.4 Å². The van der Waals surface area contributed by atoms with Crippen LogP contribution in [0.1, 0.15) is 29.5 Å². The molecule has 35 heavy (non-hydrogen) atoms. The molecule has 0 radical (unpaired) electrons. The number of rotatable bonds is 5. The molecular weight excluding hydrogens is 464 g/mol. The minimum atomic E-state index is -0.465. The minimum absolute atomic E-state index is 0.113. The summed E-state index contributed by atoms with van der Waals surface area (Å²) in [6.07, 6.45) is 2.49.